The lowest BCUT2D eigenvalue weighted by atomic mass is 10.0. The number of rotatable bonds is 7. The molecular weight excluding hydrogens is 398 g/mol. The van der Waals surface area contributed by atoms with Gasteiger partial charge in [0, 0.05) is 6.42 Å². The van der Waals surface area contributed by atoms with Crippen LogP contribution in [0.2, 0.25) is 0 Å². The third-order valence-electron chi connectivity index (χ3n) is 4.96. The van der Waals surface area contributed by atoms with Gasteiger partial charge >= 0.3 is 0 Å². The van der Waals surface area contributed by atoms with Gasteiger partial charge in [-0.1, -0.05) is 12.1 Å². The average Bonchev–Trinajstić information content (AvgIpc) is 3.47. The molecule has 4 rings (SSSR count). The summed E-state index contributed by atoms with van der Waals surface area (Å²) in [5.41, 5.74) is 7.21. The Labute approximate surface area is 178 Å². The third kappa shape index (κ3) is 4.28. The van der Waals surface area contributed by atoms with Gasteiger partial charge in [0.05, 0.1) is 24.6 Å². The first-order valence-corrected chi connectivity index (χ1v) is 9.66. The number of ether oxygens (including phenoxy) is 2. The first-order chi connectivity index (χ1) is 15.1. The van der Waals surface area contributed by atoms with E-state index in [4.69, 9.17) is 19.6 Å². The maximum Gasteiger partial charge on any atom is 0.281 e. The van der Waals surface area contributed by atoms with E-state index < -0.39 is 11.9 Å². The van der Waals surface area contributed by atoms with E-state index in [1.807, 2.05) is 24.3 Å². The first kappa shape index (κ1) is 20.2. The largest absolute Gasteiger partial charge is 0.497 e. The summed E-state index contributed by atoms with van der Waals surface area (Å²) in [6, 6.07) is 17.2. The van der Waals surface area contributed by atoms with Crippen LogP contribution < -0.4 is 15.2 Å². The Balaban J connectivity index is 1.56. The summed E-state index contributed by atoms with van der Waals surface area (Å²) in [5.74, 6) is 0.607. The number of carbonyl (C=O) groups excluding carboxylic acids is 2. The van der Waals surface area contributed by atoms with Crippen LogP contribution in [-0.4, -0.2) is 36.3 Å². The zero-order chi connectivity index (χ0) is 21.8. The fourth-order valence-electron chi connectivity index (χ4n) is 3.40. The molecule has 8 nitrogen and oxygen atoms in total. The van der Waals surface area contributed by atoms with E-state index in [2.05, 4.69) is 5.10 Å². The van der Waals surface area contributed by atoms with Crippen LogP contribution in [0.3, 0.4) is 0 Å². The molecule has 0 bridgehead atoms. The predicted molar refractivity (Wildman–Crippen MR) is 113 cm³/mol. The maximum absolute atomic E-state index is 13.0. The van der Waals surface area contributed by atoms with Gasteiger partial charge in [-0.05, 0) is 54.1 Å². The molecule has 0 aliphatic carbocycles. The number of carbonyl (C=O) groups is 2. The fourth-order valence-corrected chi connectivity index (χ4v) is 3.40. The van der Waals surface area contributed by atoms with E-state index >= 15 is 0 Å². The molecule has 3 aromatic rings. The Bertz CT molecular complexity index is 1110. The van der Waals surface area contributed by atoms with Crippen LogP contribution in [0.4, 0.5) is 0 Å². The lowest BCUT2D eigenvalue weighted by Crippen LogP contribution is -2.31. The van der Waals surface area contributed by atoms with E-state index in [1.54, 1.807) is 49.8 Å². The van der Waals surface area contributed by atoms with E-state index in [1.165, 1.54) is 5.01 Å². The van der Waals surface area contributed by atoms with Crippen LogP contribution >= 0.6 is 0 Å². The zero-order valence-electron chi connectivity index (χ0n) is 16.9. The van der Waals surface area contributed by atoms with Gasteiger partial charge in [0.2, 0.25) is 0 Å². The molecule has 0 spiro atoms. The Morgan fingerprint density at radius 1 is 1.13 bits per heavy atom. The van der Waals surface area contributed by atoms with E-state index in [0.717, 1.165) is 17.0 Å². The SMILES string of the molecule is COc1ccc(C2=NN(C(=O)COc3ccccc3C(N)=O)C(c3ccco3)C2)cc1. The highest BCUT2D eigenvalue weighted by atomic mass is 16.5. The third-order valence-corrected chi connectivity index (χ3v) is 4.96. The number of methoxy groups -OCH3 is 1. The highest BCUT2D eigenvalue weighted by Crippen LogP contribution is 2.33. The number of nitrogens with zero attached hydrogens (tertiary/aromatic N) is 2. The van der Waals surface area contributed by atoms with Crippen molar-refractivity contribution in [3.05, 3.63) is 83.8 Å². The van der Waals surface area contributed by atoms with Gasteiger partial charge in [-0.15, -0.1) is 0 Å². The number of amides is 2. The predicted octanol–water partition coefficient (Wildman–Crippen LogP) is 3.14. The minimum absolute atomic E-state index is 0.210. The van der Waals surface area contributed by atoms with Gasteiger partial charge in [-0.25, -0.2) is 5.01 Å². The highest BCUT2D eigenvalue weighted by Gasteiger charge is 2.35. The van der Waals surface area contributed by atoms with Crippen LogP contribution in [0.25, 0.3) is 0 Å². The summed E-state index contributed by atoms with van der Waals surface area (Å²) in [7, 11) is 1.60. The molecule has 1 unspecified atom stereocenters. The average molecular weight is 419 g/mol. The molecule has 2 N–H and O–H groups in total. The Morgan fingerprint density at radius 3 is 2.58 bits per heavy atom. The van der Waals surface area contributed by atoms with Gasteiger partial charge in [0.1, 0.15) is 23.3 Å². The molecule has 0 radical (unpaired) electrons. The second-order valence-corrected chi connectivity index (χ2v) is 6.90. The number of para-hydroxylation sites is 1. The quantitative estimate of drug-likeness (QED) is 0.633. The summed E-state index contributed by atoms with van der Waals surface area (Å²) in [5, 5.41) is 5.92. The summed E-state index contributed by atoms with van der Waals surface area (Å²) in [6.07, 6.45) is 2.05. The minimum atomic E-state index is -0.627. The lowest BCUT2D eigenvalue weighted by Gasteiger charge is -2.20. The number of furan rings is 1. The van der Waals surface area contributed by atoms with Crippen LogP contribution in [-0.2, 0) is 4.79 Å². The Hall–Kier alpha value is -4.07. The van der Waals surface area contributed by atoms with Crippen molar-refractivity contribution in [2.24, 2.45) is 10.8 Å². The fraction of sp³-hybridized carbons (Fsp3) is 0.174. The highest BCUT2D eigenvalue weighted by molar-refractivity contribution is 6.03. The molecule has 1 atom stereocenters. The Morgan fingerprint density at radius 2 is 1.90 bits per heavy atom. The van der Waals surface area contributed by atoms with E-state index in [0.29, 0.717) is 12.2 Å². The zero-order valence-corrected chi connectivity index (χ0v) is 16.9. The molecule has 0 saturated carbocycles. The van der Waals surface area contributed by atoms with E-state index in [-0.39, 0.29) is 23.8 Å². The van der Waals surface area contributed by atoms with Crippen molar-refractivity contribution < 1.29 is 23.5 Å². The molecule has 31 heavy (non-hydrogen) atoms. The van der Waals surface area contributed by atoms with Gasteiger partial charge in [-0.3, -0.25) is 9.59 Å². The van der Waals surface area contributed by atoms with Gasteiger partial charge in [-0.2, -0.15) is 5.10 Å². The first-order valence-electron chi connectivity index (χ1n) is 9.66. The number of nitrogens with two attached hydrogens (primary N) is 1. The Kier molecular flexibility index (Phi) is 5.70. The van der Waals surface area contributed by atoms with Crippen LogP contribution in [0.1, 0.15) is 34.1 Å². The summed E-state index contributed by atoms with van der Waals surface area (Å²) in [4.78, 5) is 24.6. The van der Waals surface area contributed by atoms with Crippen LogP contribution in [0, 0.1) is 0 Å². The molecule has 158 valence electrons. The minimum Gasteiger partial charge on any atom is -0.497 e. The monoisotopic (exact) mass is 419 g/mol. The van der Waals surface area contributed by atoms with Crippen LogP contribution in [0.5, 0.6) is 11.5 Å². The van der Waals surface area contributed by atoms with Crippen molar-refractivity contribution >= 4 is 17.5 Å². The topological polar surface area (TPSA) is 107 Å². The summed E-state index contributed by atoms with van der Waals surface area (Å²) >= 11 is 0. The number of primary amides is 1. The molecule has 2 aromatic carbocycles. The van der Waals surface area contributed by atoms with Crippen molar-refractivity contribution in [3.8, 4) is 11.5 Å². The number of hydrogen-bond acceptors (Lipinski definition) is 6. The van der Waals surface area contributed by atoms with E-state index in [9.17, 15) is 9.59 Å². The van der Waals surface area contributed by atoms with Crippen molar-refractivity contribution in [1.29, 1.82) is 0 Å². The second-order valence-electron chi connectivity index (χ2n) is 6.90. The number of hydrazone groups is 1. The molecule has 0 fully saturated rings. The van der Waals surface area contributed by atoms with Crippen molar-refractivity contribution in [2.75, 3.05) is 13.7 Å². The summed E-state index contributed by atoms with van der Waals surface area (Å²) < 4.78 is 16.3. The molecule has 0 saturated heterocycles. The second kappa shape index (κ2) is 8.74. The standard InChI is InChI=1S/C23H21N3O5/c1-29-16-10-8-15(9-11-16)18-13-19(21-7-4-12-30-21)26(25-18)22(27)14-31-20-6-3-2-5-17(20)23(24)28/h2-12,19H,13-14H2,1H3,(H2,24,28). The lowest BCUT2D eigenvalue weighted by molar-refractivity contribution is -0.135. The molecule has 1 aliphatic rings. The smallest absolute Gasteiger partial charge is 0.281 e. The van der Waals surface area contributed by atoms with Gasteiger partial charge in [0.25, 0.3) is 11.8 Å². The molecule has 1 aromatic heterocycles. The molecule has 2 amide bonds. The molecule has 1 aliphatic heterocycles. The van der Waals surface area contributed by atoms with Gasteiger partial charge < -0.3 is 19.6 Å². The van der Waals surface area contributed by atoms with Crippen LogP contribution in [0.15, 0.2) is 76.4 Å². The van der Waals surface area contributed by atoms with Crippen molar-refractivity contribution in [1.82, 2.24) is 5.01 Å². The number of benzene rings is 2. The normalized spacial score (nSPS) is 15.5. The molecular formula is C23H21N3O5. The molecule has 2 heterocycles. The number of hydrogen-bond donors (Lipinski definition) is 1. The maximum atomic E-state index is 13.0. The summed E-state index contributed by atoms with van der Waals surface area (Å²) in [6.45, 7) is -0.305. The van der Waals surface area contributed by atoms with Crippen molar-refractivity contribution in [2.45, 2.75) is 12.5 Å². The van der Waals surface area contributed by atoms with Crippen molar-refractivity contribution in [3.63, 3.8) is 0 Å². The molecule has 8 heteroatoms. The van der Waals surface area contributed by atoms with Gasteiger partial charge in [0.15, 0.2) is 6.61 Å².